The molecular weight excluding hydrogens is 606 g/mol. The predicted molar refractivity (Wildman–Crippen MR) is 163 cm³/mol. The molecule has 0 bridgehead atoms. The number of carbonyl (C=O) groups excluding carboxylic acids is 2. The first kappa shape index (κ1) is 30.6. The fraction of sp³-hybridized carbons (Fsp3) is 0.355. The van der Waals surface area contributed by atoms with Gasteiger partial charge in [-0.1, -0.05) is 65.2 Å². The Hall–Kier alpha value is -3.37. The predicted octanol–water partition coefficient (Wildman–Crippen LogP) is 5.44. The summed E-state index contributed by atoms with van der Waals surface area (Å²) in [6.45, 7) is 3.14. The molecule has 218 valence electrons. The Kier molecular flexibility index (Phi) is 10.1. The van der Waals surface area contributed by atoms with Crippen LogP contribution in [0.5, 0.6) is 5.75 Å². The first-order valence-corrected chi connectivity index (χ1v) is 15.9. The Bertz CT molecular complexity index is 1460. The molecule has 3 aromatic rings. The van der Waals surface area contributed by atoms with Crippen molar-refractivity contribution in [2.24, 2.45) is 0 Å². The number of sulfonamides is 1. The van der Waals surface area contributed by atoms with Crippen LogP contribution in [0.4, 0.5) is 5.69 Å². The SMILES string of the molecule is COc1ccc(C)cc1N(CC(=O)N(Cc1ccc(Br)cc1)[C@H](C)C(=O)NC1CCCC1)S(=O)(=O)c1ccccc1. The third-order valence-corrected chi connectivity index (χ3v) is 9.65. The molecule has 1 aliphatic rings. The monoisotopic (exact) mass is 641 g/mol. The summed E-state index contributed by atoms with van der Waals surface area (Å²) in [4.78, 5) is 29.0. The number of hydrogen-bond acceptors (Lipinski definition) is 5. The van der Waals surface area contributed by atoms with Crippen molar-refractivity contribution in [3.05, 3.63) is 88.4 Å². The summed E-state index contributed by atoms with van der Waals surface area (Å²) < 4.78 is 35.5. The molecule has 0 saturated heterocycles. The van der Waals surface area contributed by atoms with Crippen molar-refractivity contribution in [3.8, 4) is 5.75 Å². The minimum absolute atomic E-state index is 0.0443. The summed E-state index contributed by atoms with van der Waals surface area (Å²) in [5, 5.41) is 3.08. The van der Waals surface area contributed by atoms with E-state index < -0.39 is 28.5 Å². The van der Waals surface area contributed by atoms with Crippen LogP contribution in [-0.2, 0) is 26.2 Å². The van der Waals surface area contributed by atoms with Crippen LogP contribution in [0.2, 0.25) is 0 Å². The normalized spacial score (nSPS) is 14.3. The molecule has 10 heteroatoms. The molecule has 0 heterocycles. The van der Waals surface area contributed by atoms with E-state index in [1.165, 1.54) is 24.1 Å². The topological polar surface area (TPSA) is 96.0 Å². The second kappa shape index (κ2) is 13.5. The van der Waals surface area contributed by atoms with E-state index in [1.807, 2.05) is 37.3 Å². The fourth-order valence-corrected chi connectivity index (χ4v) is 6.69. The van der Waals surface area contributed by atoms with Crippen LogP contribution in [0.25, 0.3) is 0 Å². The van der Waals surface area contributed by atoms with Gasteiger partial charge >= 0.3 is 0 Å². The maximum Gasteiger partial charge on any atom is 0.264 e. The maximum atomic E-state index is 14.1. The Morgan fingerprint density at radius 1 is 1.02 bits per heavy atom. The van der Waals surface area contributed by atoms with Crippen LogP contribution in [0, 0.1) is 6.92 Å². The molecule has 0 aliphatic heterocycles. The van der Waals surface area contributed by atoms with E-state index in [2.05, 4.69) is 21.2 Å². The molecule has 1 N–H and O–H groups in total. The van der Waals surface area contributed by atoms with E-state index in [4.69, 9.17) is 4.74 Å². The van der Waals surface area contributed by atoms with Crippen molar-refractivity contribution in [1.29, 1.82) is 0 Å². The molecule has 0 unspecified atom stereocenters. The van der Waals surface area contributed by atoms with Crippen molar-refractivity contribution in [1.82, 2.24) is 10.2 Å². The standard InChI is InChI=1S/C31H36BrN3O5S/c1-22-13-18-29(40-3)28(19-22)35(41(38,39)27-11-5-4-6-12-27)21-30(36)34(20-24-14-16-25(32)17-15-24)23(2)31(37)33-26-9-7-8-10-26/h4-6,11-19,23,26H,7-10,20-21H2,1-3H3,(H,33,37)/t23-/m1/s1. The maximum absolute atomic E-state index is 14.1. The number of hydrogen-bond donors (Lipinski definition) is 1. The Morgan fingerprint density at radius 2 is 1.68 bits per heavy atom. The minimum Gasteiger partial charge on any atom is -0.495 e. The third-order valence-electron chi connectivity index (χ3n) is 7.35. The smallest absolute Gasteiger partial charge is 0.264 e. The number of rotatable bonds is 11. The van der Waals surface area contributed by atoms with Gasteiger partial charge in [0, 0.05) is 17.1 Å². The number of benzene rings is 3. The second-order valence-electron chi connectivity index (χ2n) is 10.3. The molecular formula is C31H36BrN3O5S. The van der Waals surface area contributed by atoms with Crippen molar-refractivity contribution < 1.29 is 22.7 Å². The molecule has 0 aromatic heterocycles. The van der Waals surface area contributed by atoms with Gasteiger partial charge in [-0.05, 0) is 74.2 Å². The van der Waals surface area contributed by atoms with Crippen LogP contribution in [0.1, 0.15) is 43.7 Å². The lowest BCUT2D eigenvalue weighted by atomic mass is 10.1. The molecule has 0 radical (unpaired) electrons. The quantitative estimate of drug-likeness (QED) is 0.301. The average molecular weight is 643 g/mol. The summed E-state index contributed by atoms with van der Waals surface area (Å²) in [6, 6.07) is 19.9. The zero-order chi connectivity index (χ0) is 29.6. The number of methoxy groups -OCH3 is 1. The van der Waals surface area contributed by atoms with Gasteiger partial charge in [0.15, 0.2) is 0 Å². The number of amides is 2. The van der Waals surface area contributed by atoms with Gasteiger partial charge in [-0.2, -0.15) is 0 Å². The highest BCUT2D eigenvalue weighted by molar-refractivity contribution is 9.10. The average Bonchev–Trinajstić information content (AvgIpc) is 3.48. The summed E-state index contributed by atoms with van der Waals surface area (Å²) >= 11 is 3.43. The molecule has 8 nitrogen and oxygen atoms in total. The van der Waals surface area contributed by atoms with Gasteiger partial charge in [0.1, 0.15) is 18.3 Å². The number of nitrogens with one attached hydrogen (secondary N) is 1. The van der Waals surface area contributed by atoms with E-state index >= 15 is 0 Å². The largest absolute Gasteiger partial charge is 0.495 e. The summed E-state index contributed by atoms with van der Waals surface area (Å²) in [5.41, 5.74) is 1.86. The van der Waals surface area contributed by atoms with Gasteiger partial charge in [-0.25, -0.2) is 8.42 Å². The molecule has 3 aromatic carbocycles. The van der Waals surface area contributed by atoms with Gasteiger partial charge in [-0.15, -0.1) is 0 Å². The van der Waals surface area contributed by atoms with Crippen molar-refractivity contribution in [2.75, 3.05) is 18.0 Å². The Morgan fingerprint density at radius 3 is 2.32 bits per heavy atom. The van der Waals surface area contributed by atoms with Crippen molar-refractivity contribution in [2.45, 2.75) is 63.1 Å². The van der Waals surface area contributed by atoms with E-state index in [1.54, 1.807) is 37.3 Å². The highest BCUT2D eigenvalue weighted by Gasteiger charge is 2.34. The molecule has 0 spiro atoms. The van der Waals surface area contributed by atoms with E-state index in [9.17, 15) is 18.0 Å². The van der Waals surface area contributed by atoms with Crippen molar-refractivity contribution in [3.63, 3.8) is 0 Å². The molecule has 1 aliphatic carbocycles. The van der Waals surface area contributed by atoms with Gasteiger partial charge < -0.3 is 15.0 Å². The molecule has 1 atom stereocenters. The Balaban J connectivity index is 1.72. The zero-order valence-electron chi connectivity index (χ0n) is 23.5. The molecule has 2 amide bonds. The van der Waals surface area contributed by atoms with E-state index in [0.717, 1.165) is 45.6 Å². The summed E-state index contributed by atoms with van der Waals surface area (Å²) in [5.74, 6) is -0.451. The molecule has 1 saturated carbocycles. The number of aryl methyl sites for hydroxylation is 1. The van der Waals surface area contributed by atoms with E-state index in [-0.39, 0.29) is 29.1 Å². The second-order valence-corrected chi connectivity index (χ2v) is 13.1. The zero-order valence-corrected chi connectivity index (χ0v) is 25.9. The van der Waals surface area contributed by atoms with Gasteiger partial charge in [-0.3, -0.25) is 13.9 Å². The number of carbonyl (C=O) groups is 2. The number of anilines is 1. The summed E-state index contributed by atoms with van der Waals surface area (Å²) in [7, 11) is -2.72. The highest BCUT2D eigenvalue weighted by Crippen LogP contribution is 2.33. The van der Waals surface area contributed by atoms with Crippen molar-refractivity contribution >= 4 is 43.5 Å². The van der Waals surface area contributed by atoms with Crippen LogP contribution in [0.3, 0.4) is 0 Å². The third kappa shape index (κ3) is 7.48. The number of halogens is 1. The Labute approximate surface area is 250 Å². The van der Waals surface area contributed by atoms with Crippen LogP contribution in [-0.4, -0.2) is 50.9 Å². The fourth-order valence-electron chi connectivity index (χ4n) is 4.99. The number of ether oxygens (including phenoxy) is 1. The summed E-state index contributed by atoms with van der Waals surface area (Å²) in [6.07, 6.45) is 3.95. The lowest BCUT2D eigenvalue weighted by Gasteiger charge is -2.33. The highest BCUT2D eigenvalue weighted by atomic mass is 79.9. The van der Waals surface area contributed by atoms with Crippen LogP contribution < -0.4 is 14.4 Å². The van der Waals surface area contributed by atoms with E-state index in [0.29, 0.717) is 5.75 Å². The van der Waals surface area contributed by atoms with Gasteiger partial charge in [0.05, 0.1) is 17.7 Å². The first-order valence-electron chi connectivity index (χ1n) is 13.7. The molecule has 41 heavy (non-hydrogen) atoms. The van der Waals surface area contributed by atoms with Crippen LogP contribution in [0.15, 0.2) is 82.2 Å². The van der Waals surface area contributed by atoms with Crippen LogP contribution >= 0.6 is 15.9 Å². The minimum atomic E-state index is -4.18. The first-order chi connectivity index (χ1) is 19.6. The van der Waals surface area contributed by atoms with Gasteiger partial charge in [0.25, 0.3) is 10.0 Å². The number of nitrogens with zero attached hydrogens (tertiary/aromatic N) is 2. The lowest BCUT2D eigenvalue weighted by Crippen LogP contribution is -2.52. The molecule has 4 rings (SSSR count). The lowest BCUT2D eigenvalue weighted by molar-refractivity contribution is -0.139. The van der Waals surface area contributed by atoms with Gasteiger partial charge in [0.2, 0.25) is 11.8 Å². The molecule has 1 fully saturated rings.